The van der Waals surface area contributed by atoms with E-state index < -0.39 is 66.2 Å². The van der Waals surface area contributed by atoms with Gasteiger partial charge in [0.05, 0.1) is 12.5 Å². The van der Waals surface area contributed by atoms with Crippen molar-refractivity contribution in [3.8, 4) is 5.75 Å². The summed E-state index contributed by atoms with van der Waals surface area (Å²) in [5.41, 5.74) is 16.8. The normalized spacial score (nSPS) is 14.5. The number of amides is 3. The van der Waals surface area contributed by atoms with Crippen LogP contribution < -0.4 is 33.2 Å². The van der Waals surface area contributed by atoms with Crippen LogP contribution in [0.2, 0.25) is 0 Å². The lowest BCUT2D eigenvalue weighted by molar-refractivity contribution is -0.142. The molecule has 0 aliphatic rings. The van der Waals surface area contributed by atoms with E-state index in [2.05, 4.69) is 20.9 Å². The Morgan fingerprint density at radius 3 is 2.05 bits per heavy atom. The van der Waals surface area contributed by atoms with E-state index in [1.807, 2.05) is 0 Å². The standard InChI is InChI=1S/C25H39N7O8/c1-3-13(2)20(32-21(36)16(26)12-19(34)35)23(38)30-17(5-4-10-29-25(27)28)22(37)31-18(24(39)40)11-14-6-8-15(33)9-7-14/h6-9,13,16-18,20,33H,3-5,10-12,26H2,1-2H3,(H,30,38)(H,31,37)(H,32,36)(H,34,35)(H,39,40)(H4,27,28,29). The molecule has 0 fully saturated rings. The molecule has 0 saturated carbocycles. The van der Waals surface area contributed by atoms with Crippen LogP contribution in [0.25, 0.3) is 0 Å². The summed E-state index contributed by atoms with van der Waals surface area (Å²) in [6, 6.07) is 0.668. The van der Waals surface area contributed by atoms with Gasteiger partial charge < -0.3 is 48.5 Å². The molecule has 0 aliphatic carbocycles. The van der Waals surface area contributed by atoms with Gasteiger partial charge in [0, 0.05) is 13.0 Å². The molecule has 5 atom stereocenters. The number of carbonyl (C=O) groups is 5. The first-order valence-electron chi connectivity index (χ1n) is 12.7. The smallest absolute Gasteiger partial charge is 0.326 e. The van der Waals surface area contributed by atoms with Crippen LogP contribution in [-0.4, -0.2) is 81.7 Å². The van der Waals surface area contributed by atoms with Crippen molar-refractivity contribution >= 4 is 35.6 Å². The number of guanidine groups is 1. The SMILES string of the molecule is CCC(C)C(NC(=O)C(N)CC(=O)O)C(=O)NC(CCCN=C(N)N)C(=O)NC(Cc1ccc(O)cc1)C(=O)O. The average Bonchev–Trinajstić information content (AvgIpc) is 2.88. The molecule has 15 nitrogen and oxygen atoms in total. The fourth-order valence-corrected chi connectivity index (χ4v) is 3.62. The number of hydrogen-bond acceptors (Lipinski definition) is 8. The summed E-state index contributed by atoms with van der Waals surface area (Å²) >= 11 is 0. The number of aliphatic imine (C=N–C) groups is 1. The molecule has 0 radical (unpaired) electrons. The van der Waals surface area contributed by atoms with Gasteiger partial charge in [-0.25, -0.2) is 4.79 Å². The molecular formula is C25H39N7O8. The van der Waals surface area contributed by atoms with Crippen molar-refractivity contribution < 1.29 is 39.3 Å². The number of rotatable bonds is 17. The Morgan fingerprint density at radius 1 is 0.925 bits per heavy atom. The number of carboxylic acid groups (broad SMARTS) is 2. The average molecular weight is 566 g/mol. The predicted molar refractivity (Wildman–Crippen MR) is 145 cm³/mol. The lowest BCUT2D eigenvalue weighted by Crippen LogP contribution is -2.58. The summed E-state index contributed by atoms with van der Waals surface area (Å²) in [5.74, 6) is -5.57. The second-order valence-electron chi connectivity index (χ2n) is 9.36. The molecule has 0 heterocycles. The van der Waals surface area contributed by atoms with Crippen molar-refractivity contribution in [1.82, 2.24) is 16.0 Å². The Labute approximate surface area is 231 Å². The number of phenolic OH excluding ortho intramolecular Hbond substituents is 1. The van der Waals surface area contributed by atoms with Crippen molar-refractivity contribution in [2.75, 3.05) is 6.54 Å². The monoisotopic (exact) mass is 565 g/mol. The van der Waals surface area contributed by atoms with Gasteiger partial charge >= 0.3 is 11.9 Å². The van der Waals surface area contributed by atoms with Crippen molar-refractivity contribution in [2.45, 2.75) is 70.1 Å². The molecule has 5 unspecified atom stereocenters. The van der Waals surface area contributed by atoms with E-state index in [0.717, 1.165) is 0 Å². The highest BCUT2D eigenvalue weighted by Gasteiger charge is 2.32. The highest BCUT2D eigenvalue weighted by atomic mass is 16.4. The summed E-state index contributed by atoms with van der Waals surface area (Å²) in [4.78, 5) is 65.5. The molecule has 0 bridgehead atoms. The van der Waals surface area contributed by atoms with Crippen LogP contribution in [0.5, 0.6) is 5.75 Å². The Bertz CT molecular complexity index is 1060. The molecule has 40 heavy (non-hydrogen) atoms. The molecule has 0 aliphatic heterocycles. The Balaban J connectivity index is 3.12. The van der Waals surface area contributed by atoms with Gasteiger partial charge in [-0.3, -0.25) is 24.2 Å². The molecule has 222 valence electrons. The number of benzene rings is 1. The van der Waals surface area contributed by atoms with Crippen molar-refractivity contribution in [1.29, 1.82) is 0 Å². The van der Waals surface area contributed by atoms with Gasteiger partial charge in [0.25, 0.3) is 0 Å². The molecule has 1 aromatic carbocycles. The molecule has 3 amide bonds. The molecule has 0 spiro atoms. The number of phenols is 1. The van der Waals surface area contributed by atoms with E-state index >= 15 is 0 Å². The van der Waals surface area contributed by atoms with Crippen LogP contribution in [0.3, 0.4) is 0 Å². The largest absolute Gasteiger partial charge is 0.508 e. The Morgan fingerprint density at radius 2 is 1.52 bits per heavy atom. The zero-order chi connectivity index (χ0) is 30.4. The molecule has 1 aromatic rings. The van der Waals surface area contributed by atoms with Gasteiger partial charge in [0.2, 0.25) is 17.7 Å². The molecule has 0 saturated heterocycles. The Hall–Kier alpha value is -4.40. The van der Waals surface area contributed by atoms with Crippen LogP contribution in [0, 0.1) is 5.92 Å². The van der Waals surface area contributed by atoms with Crippen LogP contribution in [-0.2, 0) is 30.4 Å². The van der Waals surface area contributed by atoms with Gasteiger partial charge in [-0.05, 0) is 36.5 Å². The number of carbonyl (C=O) groups excluding carboxylic acids is 3. The minimum atomic E-state index is -1.40. The maximum Gasteiger partial charge on any atom is 0.326 e. The molecular weight excluding hydrogens is 526 g/mol. The molecule has 0 aromatic heterocycles. The predicted octanol–water partition coefficient (Wildman–Crippen LogP) is -1.62. The Kier molecular flexibility index (Phi) is 13.9. The van der Waals surface area contributed by atoms with Crippen LogP contribution in [0.4, 0.5) is 0 Å². The van der Waals surface area contributed by atoms with Crippen molar-refractivity contribution in [2.24, 2.45) is 28.1 Å². The van der Waals surface area contributed by atoms with E-state index in [9.17, 15) is 34.2 Å². The number of carboxylic acids is 2. The zero-order valence-corrected chi connectivity index (χ0v) is 22.5. The van der Waals surface area contributed by atoms with Gasteiger partial charge in [-0.15, -0.1) is 0 Å². The van der Waals surface area contributed by atoms with E-state index in [1.54, 1.807) is 13.8 Å². The van der Waals surface area contributed by atoms with E-state index in [1.165, 1.54) is 24.3 Å². The minimum Gasteiger partial charge on any atom is -0.508 e. The topological polar surface area (TPSA) is 273 Å². The maximum atomic E-state index is 13.3. The third kappa shape index (κ3) is 12.0. The van der Waals surface area contributed by atoms with Crippen LogP contribution in [0.1, 0.15) is 45.1 Å². The fourth-order valence-electron chi connectivity index (χ4n) is 3.62. The highest BCUT2D eigenvalue weighted by molar-refractivity contribution is 5.95. The van der Waals surface area contributed by atoms with E-state index in [4.69, 9.17) is 22.3 Å². The number of nitrogens with zero attached hydrogens (tertiary/aromatic N) is 1. The highest BCUT2D eigenvalue weighted by Crippen LogP contribution is 2.13. The first-order valence-corrected chi connectivity index (χ1v) is 12.7. The lowest BCUT2D eigenvalue weighted by Gasteiger charge is -2.28. The van der Waals surface area contributed by atoms with Crippen LogP contribution in [0.15, 0.2) is 29.3 Å². The zero-order valence-electron chi connectivity index (χ0n) is 22.5. The van der Waals surface area contributed by atoms with E-state index in [-0.39, 0.29) is 37.5 Å². The molecule has 1 rings (SSSR count). The first-order chi connectivity index (χ1) is 18.7. The van der Waals surface area contributed by atoms with Gasteiger partial charge in [-0.1, -0.05) is 32.4 Å². The van der Waals surface area contributed by atoms with Gasteiger partial charge in [0.1, 0.15) is 23.9 Å². The maximum absolute atomic E-state index is 13.3. The van der Waals surface area contributed by atoms with Gasteiger partial charge in [-0.2, -0.15) is 0 Å². The number of hydrogen-bond donors (Lipinski definition) is 9. The lowest BCUT2D eigenvalue weighted by atomic mass is 9.97. The number of aromatic hydroxyl groups is 1. The molecule has 15 heteroatoms. The second kappa shape index (κ2) is 16.5. The summed E-state index contributed by atoms with van der Waals surface area (Å²) in [5, 5.41) is 35.5. The first kappa shape index (κ1) is 33.6. The van der Waals surface area contributed by atoms with Crippen molar-refractivity contribution in [3.63, 3.8) is 0 Å². The van der Waals surface area contributed by atoms with Gasteiger partial charge in [0.15, 0.2) is 5.96 Å². The summed E-state index contributed by atoms with van der Waals surface area (Å²) in [7, 11) is 0. The quantitative estimate of drug-likeness (QED) is 0.0587. The number of nitrogens with one attached hydrogen (secondary N) is 3. The van der Waals surface area contributed by atoms with Crippen LogP contribution >= 0.6 is 0 Å². The van der Waals surface area contributed by atoms with Crippen molar-refractivity contribution in [3.05, 3.63) is 29.8 Å². The second-order valence-corrected chi connectivity index (χ2v) is 9.36. The third-order valence-electron chi connectivity index (χ3n) is 6.09. The minimum absolute atomic E-state index is 0.00455. The summed E-state index contributed by atoms with van der Waals surface area (Å²) in [6.07, 6.45) is -0.0197. The number of aliphatic carboxylic acids is 2. The fraction of sp³-hybridized carbons (Fsp3) is 0.520. The third-order valence-corrected chi connectivity index (χ3v) is 6.09. The molecule has 12 N–H and O–H groups in total. The summed E-state index contributed by atoms with van der Waals surface area (Å²) < 4.78 is 0. The number of nitrogens with two attached hydrogens (primary N) is 3. The van der Waals surface area contributed by atoms with E-state index in [0.29, 0.717) is 12.0 Å². The summed E-state index contributed by atoms with van der Waals surface area (Å²) in [6.45, 7) is 3.58.